The molecule has 2 rings (SSSR count). The van der Waals surface area contributed by atoms with Gasteiger partial charge in [-0.15, -0.1) is 0 Å². The number of amides is 2. The monoisotopic (exact) mass is 608 g/mol. The van der Waals surface area contributed by atoms with E-state index in [0.717, 1.165) is 20.9 Å². The van der Waals surface area contributed by atoms with Gasteiger partial charge in [0, 0.05) is 36.0 Å². The predicted octanol–water partition coefficient (Wildman–Crippen LogP) is 9.39. The molecule has 6 nitrogen and oxygen atoms in total. The second kappa shape index (κ2) is 15.4. The van der Waals surface area contributed by atoms with Crippen LogP contribution >= 0.6 is 64.4 Å². The highest BCUT2D eigenvalue weighted by Crippen LogP contribution is 2.52. The SMILES string of the molecule is CCN(CC)C(=O)Oc1cc(SSSSc2cc(OC(=O)N(CC)CC)c(Cl)cc2C)c(C)cc1Cl. The van der Waals surface area contributed by atoms with Crippen molar-refractivity contribution < 1.29 is 19.1 Å². The Balaban J connectivity index is 2.03. The number of aryl methyl sites for hydroxylation is 2. The molecule has 0 saturated heterocycles. The minimum atomic E-state index is -0.421. The van der Waals surface area contributed by atoms with Crippen molar-refractivity contribution in [2.24, 2.45) is 0 Å². The summed E-state index contributed by atoms with van der Waals surface area (Å²) in [6.07, 6.45) is -0.843. The average molecular weight is 610 g/mol. The predicted molar refractivity (Wildman–Crippen MR) is 157 cm³/mol. The van der Waals surface area contributed by atoms with E-state index >= 15 is 0 Å². The Morgan fingerprint density at radius 1 is 0.694 bits per heavy atom. The van der Waals surface area contributed by atoms with Crippen LogP contribution in [0.1, 0.15) is 38.8 Å². The molecular weight excluding hydrogens is 579 g/mol. The highest BCUT2D eigenvalue weighted by atomic mass is 35.5. The van der Waals surface area contributed by atoms with Crippen molar-refractivity contribution in [3.63, 3.8) is 0 Å². The Morgan fingerprint density at radius 2 is 1.03 bits per heavy atom. The quantitative estimate of drug-likeness (QED) is 0.185. The van der Waals surface area contributed by atoms with Crippen LogP contribution in [-0.2, 0) is 0 Å². The molecule has 0 N–H and O–H groups in total. The molecule has 0 bridgehead atoms. The van der Waals surface area contributed by atoms with Crippen LogP contribution in [0.4, 0.5) is 9.59 Å². The Hall–Kier alpha value is -1.04. The van der Waals surface area contributed by atoms with Crippen molar-refractivity contribution in [2.45, 2.75) is 51.3 Å². The maximum atomic E-state index is 12.3. The molecule has 2 amide bonds. The number of nitrogens with zero attached hydrogens (tertiary/aromatic N) is 2. The van der Waals surface area contributed by atoms with Crippen LogP contribution in [0.2, 0.25) is 10.0 Å². The molecule has 0 aromatic heterocycles. The molecule has 0 heterocycles. The van der Waals surface area contributed by atoms with Gasteiger partial charge >= 0.3 is 12.2 Å². The summed E-state index contributed by atoms with van der Waals surface area (Å²) in [7, 11) is 6.22. The minimum Gasteiger partial charge on any atom is -0.409 e. The fourth-order valence-electron chi connectivity index (χ4n) is 2.99. The second-order valence-electron chi connectivity index (χ2n) is 7.48. The summed E-state index contributed by atoms with van der Waals surface area (Å²) >= 11 is 12.7. The zero-order valence-electron chi connectivity index (χ0n) is 21.1. The number of hydrogen-bond donors (Lipinski definition) is 0. The fourth-order valence-corrected chi connectivity index (χ4v) is 9.40. The maximum Gasteiger partial charge on any atom is 0.415 e. The lowest BCUT2D eigenvalue weighted by molar-refractivity contribution is 0.156. The van der Waals surface area contributed by atoms with Gasteiger partial charge in [0.05, 0.1) is 10.0 Å². The summed E-state index contributed by atoms with van der Waals surface area (Å²) < 4.78 is 11.1. The van der Waals surface area contributed by atoms with Crippen LogP contribution < -0.4 is 9.47 Å². The zero-order valence-corrected chi connectivity index (χ0v) is 25.8. The lowest BCUT2D eigenvalue weighted by atomic mass is 10.2. The summed E-state index contributed by atoms with van der Waals surface area (Å²) in [5, 5.41) is 0.793. The van der Waals surface area contributed by atoms with E-state index in [2.05, 4.69) is 0 Å². The molecule has 0 radical (unpaired) electrons. The number of rotatable bonds is 11. The summed E-state index contributed by atoms with van der Waals surface area (Å²) in [5.41, 5.74) is 1.97. The number of hydrogen-bond acceptors (Lipinski definition) is 8. The third kappa shape index (κ3) is 8.77. The Labute approximate surface area is 238 Å². The number of ether oxygens (including phenoxy) is 2. The fraction of sp³-hybridized carbons (Fsp3) is 0.417. The van der Waals surface area contributed by atoms with Gasteiger partial charge in [-0.05, 0) is 118 Å². The van der Waals surface area contributed by atoms with Crippen LogP contribution in [0.25, 0.3) is 0 Å². The molecule has 0 aliphatic heterocycles. The first-order valence-electron chi connectivity index (χ1n) is 11.4. The molecule has 36 heavy (non-hydrogen) atoms. The lowest BCUT2D eigenvalue weighted by Gasteiger charge is -2.19. The first-order valence-corrected chi connectivity index (χ1v) is 16.9. The molecule has 0 spiro atoms. The van der Waals surface area contributed by atoms with E-state index in [1.165, 1.54) is 0 Å². The third-order valence-corrected chi connectivity index (χ3v) is 12.1. The Morgan fingerprint density at radius 3 is 1.33 bits per heavy atom. The normalized spacial score (nSPS) is 10.8. The van der Waals surface area contributed by atoms with Gasteiger partial charge in [-0.2, -0.15) is 0 Å². The van der Waals surface area contributed by atoms with Crippen molar-refractivity contribution in [2.75, 3.05) is 26.2 Å². The first kappa shape index (κ1) is 31.2. The van der Waals surface area contributed by atoms with Crippen LogP contribution in [0, 0.1) is 13.8 Å². The summed E-state index contributed by atoms with van der Waals surface area (Å²) in [6, 6.07) is 7.18. The van der Waals surface area contributed by atoms with E-state index in [0.29, 0.717) is 47.7 Å². The van der Waals surface area contributed by atoms with E-state index in [4.69, 9.17) is 32.7 Å². The van der Waals surface area contributed by atoms with E-state index < -0.39 is 12.2 Å². The topological polar surface area (TPSA) is 59.1 Å². The lowest BCUT2D eigenvalue weighted by Crippen LogP contribution is -2.33. The van der Waals surface area contributed by atoms with Crippen molar-refractivity contribution in [3.05, 3.63) is 45.4 Å². The Bertz CT molecular complexity index is 983. The van der Waals surface area contributed by atoms with Gasteiger partial charge < -0.3 is 19.3 Å². The molecule has 0 unspecified atom stereocenters. The van der Waals surface area contributed by atoms with E-state index in [1.54, 1.807) is 75.3 Å². The van der Waals surface area contributed by atoms with Crippen molar-refractivity contribution in [1.82, 2.24) is 9.80 Å². The molecule has 198 valence electrons. The highest BCUT2D eigenvalue weighted by Gasteiger charge is 2.18. The van der Waals surface area contributed by atoms with Gasteiger partial charge in [0.25, 0.3) is 0 Å². The molecular formula is C24H30Cl2N2O4S4. The van der Waals surface area contributed by atoms with Gasteiger partial charge in [-0.1, -0.05) is 23.2 Å². The summed E-state index contributed by atoms with van der Waals surface area (Å²) in [5.74, 6) is 0.682. The number of halogens is 2. The summed E-state index contributed by atoms with van der Waals surface area (Å²) in [4.78, 5) is 29.8. The van der Waals surface area contributed by atoms with E-state index in [-0.39, 0.29) is 0 Å². The van der Waals surface area contributed by atoms with Crippen molar-refractivity contribution in [3.8, 4) is 11.5 Å². The van der Waals surface area contributed by atoms with Crippen LogP contribution in [0.3, 0.4) is 0 Å². The average Bonchev–Trinajstić information content (AvgIpc) is 2.83. The second-order valence-corrected chi connectivity index (χ2v) is 14.0. The van der Waals surface area contributed by atoms with Gasteiger partial charge in [-0.25, -0.2) is 9.59 Å². The van der Waals surface area contributed by atoms with Crippen molar-refractivity contribution in [1.29, 1.82) is 0 Å². The number of carbonyl (C=O) groups is 2. The van der Waals surface area contributed by atoms with E-state index in [1.807, 2.05) is 41.5 Å². The largest absolute Gasteiger partial charge is 0.415 e. The van der Waals surface area contributed by atoms with Crippen LogP contribution in [-0.4, -0.2) is 48.2 Å². The van der Waals surface area contributed by atoms with E-state index in [9.17, 15) is 9.59 Å². The third-order valence-electron chi connectivity index (χ3n) is 5.17. The molecule has 2 aromatic rings. The Kier molecular flexibility index (Phi) is 13.3. The van der Waals surface area contributed by atoms with Gasteiger partial charge in [-0.3, -0.25) is 0 Å². The molecule has 0 saturated carbocycles. The molecule has 0 atom stereocenters. The van der Waals surface area contributed by atoms with Gasteiger partial charge in [0.15, 0.2) is 11.5 Å². The molecule has 0 aliphatic carbocycles. The molecule has 0 aliphatic rings. The van der Waals surface area contributed by atoms with Gasteiger partial charge in [0.2, 0.25) is 0 Å². The van der Waals surface area contributed by atoms with Crippen LogP contribution in [0.5, 0.6) is 11.5 Å². The smallest absolute Gasteiger partial charge is 0.409 e. The molecule has 12 heteroatoms. The van der Waals surface area contributed by atoms with Crippen LogP contribution in [0.15, 0.2) is 34.1 Å². The maximum absolute atomic E-state index is 12.3. The standard InChI is InChI=1S/C24H30Cl2N2O4S4/c1-7-27(8-2)23(29)31-19-13-21(15(5)11-17(19)25)33-35-36-34-22-14-20(18(26)12-16(22)6)32-24(30)28(9-3)10-4/h11-14H,7-10H2,1-6H3. The highest BCUT2D eigenvalue weighted by molar-refractivity contribution is 9.26. The zero-order chi connectivity index (χ0) is 26.8. The summed E-state index contributed by atoms with van der Waals surface area (Å²) in [6.45, 7) is 13.8. The van der Waals surface area contributed by atoms with Gasteiger partial charge in [0.1, 0.15) is 0 Å². The first-order chi connectivity index (χ1) is 17.1. The minimum absolute atomic E-state index is 0.341. The number of benzene rings is 2. The molecule has 2 aromatic carbocycles. The molecule has 0 fully saturated rings. The number of carbonyl (C=O) groups excluding carboxylic acids is 2. The van der Waals surface area contributed by atoms with Crippen molar-refractivity contribution >= 4 is 76.6 Å².